The van der Waals surface area contributed by atoms with E-state index < -0.39 is 11.6 Å². The van der Waals surface area contributed by atoms with Crippen LogP contribution in [0.15, 0.2) is 17.5 Å². The Labute approximate surface area is 164 Å². The van der Waals surface area contributed by atoms with Crippen LogP contribution < -0.4 is 10.5 Å². The zero-order valence-corrected chi connectivity index (χ0v) is 17.2. The number of unbranched alkanes of at least 4 members (excludes halogenated alkanes) is 1. The van der Waals surface area contributed by atoms with Gasteiger partial charge < -0.3 is 15.2 Å². The molecule has 4 nitrogen and oxygen atoms in total. The largest absolute Gasteiger partial charge is 0.490 e. The van der Waals surface area contributed by atoms with E-state index in [1.165, 1.54) is 30.2 Å². The van der Waals surface area contributed by atoms with Crippen LogP contribution in [0, 0.1) is 18.6 Å². The highest BCUT2D eigenvalue weighted by Gasteiger charge is 2.17. The lowest BCUT2D eigenvalue weighted by atomic mass is 10.1. The van der Waals surface area contributed by atoms with Gasteiger partial charge in [0.2, 0.25) is 5.82 Å². The molecule has 0 amide bonds. The van der Waals surface area contributed by atoms with Gasteiger partial charge in [-0.15, -0.1) is 11.3 Å². The number of ether oxygens (including phenoxy) is 2. The molecule has 1 aromatic carbocycles. The third kappa shape index (κ3) is 8.32. The molecule has 0 spiro atoms. The van der Waals surface area contributed by atoms with E-state index in [9.17, 15) is 8.78 Å². The number of nitrogens with zero attached hydrogens (tertiary/aromatic N) is 1. The summed E-state index contributed by atoms with van der Waals surface area (Å²) in [5, 5.41) is 2.64. The summed E-state index contributed by atoms with van der Waals surface area (Å²) in [4.78, 5) is 4.27. The van der Waals surface area contributed by atoms with Gasteiger partial charge in [0, 0.05) is 24.2 Å². The highest BCUT2D eigenvalue weighted by molar-refractivity contribution is 7.09. The monoisotopic (exact) mass is 400 g/mol. The predicted octanol–water partition coefficient (Wildman–Crippen LogP) is 5.34. The standard InChI is InChI=1S/C13H14F2N2OS.C7H16O/c1-8-17-11(7-19-8)9-3-4-10(14)12(15)13(9)18-6-2-5-16;1-3-5-7-8-6-4-2/h3-4,7H,2,5-6,16H2,1H3;3-7H2,1-2H3. The smallest absolute Gasteiger partial charge is 0.201 e. The van der Waals surface area contributed by atoms with E-state index in [4.69, 9.17) is 15.2 Å². The van der Waals surface area contributed by atoms with Gasteiger partial charge in [-0.25, -0.2) is 9.37 Å². The summed E-state index contributed by atoms with van der Waals surface area (Å²) in [7, 11) is 0. The molecule has 1 heterocycles. The quantitative estimate of drug-likeness (QED) is 0.547. The third-order valence-electron chi connectivity index (χ3n) is 3.53. The number of aryl methyl sites for hydroxylation is 1. The Morgan fingerprint density at radius 1 is 1.07 bits per heavy atom. The average molecular weight is 401 g/mol. The van der Waals surface area contributed by atoms with Crippen molar-refractivity contribution in [3.8, 4) is 17.0 Å². The van der Waals surface area contributed by atoms with Crippen LogP contribution in [-0.2, 0) is 4.74 Å². The molecule has 2 aromatic rings. The van der Waals surface area contributed by atoms with Crippen LogP contribution in [0.1, 0.15) is 44.5 Å². The van der Waals surface area contributed by atoms with Gasteiger partial charge >= 0.3 is 0 Å². The number of thiazole rings is 1. The van der Waals surface area contributed by atoms with Crippen molar-refractivity contribution in [2.24, 2.45) is 5.73 Å². The maximum atomic E-state index is 13.8. The molecule has 0 bridgehead atoms. The van der Waals surface area contributed by atoms with E-state index in [2.05, 4.69) is 18.8 Å². The zero-order chi connectivity index (χ0) is 20.1. The number of rotatable bonds is 10. The number of hydrogen-bond donors (Lipinski definition) is 1. The first-order chi connectivity index (χ1) is 13.0. The van der Waals surface area contributed by atoms with E-state index in [1.54, 1.807) is 5.38 Å². The van der Waals surface area contributed by atoms with Gasteiger partial charge in [0.1, 0.15) is 0 Å². The van der Waals surface area contributed by atoms with Gasteiger partial charge in [-0.1, -0.05) is 20.3 Å². The van der Waals surface area contributed by atoms with E-state index in [-0.39, 0.29) is 12.4 Å². The molecule has 0 aliphatic carbocycles. The second kappa shape index (κ2) is 13.6. The second-order valence-corrected chi connectivity index (χ2v) is 7.01. The number of halogens is 2. The number of aromatic nitrogens is 1. The third-order valence-corrected chi connectivity index (χ3v) is 4.30. The van der Waals surface area contributed by atoms with E-state index >= 15 is 0 Å². The van der Waals surface area contributed by atoms with Crippen molar-refractivity contribution in [3.05, 3.63) is 34.2 Å². The Hall–Kier alpha value is -1.57. The van der Waals surface area contributed by atoms with Gasteiger partial charge in [-0.05, 0) is 44.9 Å². The van der Waals surface area contributed by atoms with Crippen LogP contribution in [0.4, 0.5) is 8.78 Å². The highest BCUT2D eigenvalue weighted by atomic mass is 32.1. The zero-order valence-electron chi connectivity index (χ0n) is 16.4. The molecule has 0 aliphatic heterocycles. The van der Waals surface area contributed by atoms with Gasteiger partial charge in [0.05, 0.1) is 17.3 Å². The van der Waals surface area contributed by atoms with Crippen LogP contribution in [0.5, 0.6) is 5.75 Å². The van der Waals surface area contributed by atoms with Crippen LogP contribution in [0.3, 0.4) is 0 Å². The fraction of sp³-hybridized carbons (Fsp3) is 0.550. The molecule has 2 N–H and O–H groups in total. The van der Waals surface area contributed by atoms with Gasteiger partial charge in [0.15, 0.2) is 11.6 Å². The van der Waals surface area contributed by atoms with Crippen molar-refractivity contribution in [3.63, 3.8) is 0 Å². The van der Waals surface area contributed by atoms with Crippen LogP contribution in [0.25, 0.3) is 11.3 Å². The SMILES string of the molecule is CCCCOCCC.Cc1nc(-c2ccc(F)c(F)c2OCCCN)cs1. The van der Waals surface area contributed by atoms with E-state index in [1.807, 2.05) is 6.92 Å². The first-order valence-electron chi connectivity index (χ1n) is 9.36. The number of nitrogens with two attached hydrogens (primary N) is 1. The van der Waals surface area contributed by atoms with E-state index in [0.717, 1.165) is 30.7 Å². The predicted molar refractivity (Wildman–Crippen MR) is 107 cm³/mol. The summed E-state index contributed by atoms with van der Waals surface area (Å²) in [5.74, 6) is -2.02. The molecule has 2 rings (SSSR count). The number of benzene rings is 1. The minimum absolute atomic E-state index is 0.0984. The summed E-state index contributed by atoms with van der Waals surface area (Å²) in [6.45, 7) is 8.71. The Morgan fingerprint density at radius 2 is 1.85 bits per heavy atom. The molecule has 0 saturated heterocycles. The number of hydrogen-bond acceptors (Lipinski definition) is 5. The average Bonchev–Trinajstić information content (AvgIpc) is 3.09. The molecular weight excluding hydrogens is 370 g/mol. The fourth-order valence-electron chi connectivity index (χ4n) is 2.11. The Balaban J connectivity index is 0.000000387. The lowest BCUT2D eigenvalue weighted by molar-refractivity contribution is 0.132. The van der Waals surface area contributed by atoms with E-state index in [0.29, 0.717) is 24.2 Å². The summed E-state index contributed by atoms with van der Waals surface area (Å²) in [5.41, 5.74) is 6.40. The lowest BCUT2D eigenvalue weighted by Gasteiger charge is -2.11. The van der Waals surface area contributed by atoms with Crippen molar-refractivity contribution in [1.29, 1.82) is 0 Å². The molecule has 152 valence electrons. The normalized spacial score (nSPS) is 10.4. The molecule has 0 saturated carbocycles. The van der Waals surface area contributed by atoms with Crippen molar-refractivity contribution >= 4 is 11.3 Å². The molecule has 1 aromatic heterocycles. The molecule has 27 heavy (non-hydrogen) atoms. The molecular formula is C20H30F2N2O2S. The molecule has 0 aliphatic rings. The Morgan fingerprint density at radius 3 is 2.44 bits per heavy atom. The Kier molecular flexibility index (Phi) is 11.8. The maximum absolute atomic E-state index is 13.8. The van der Waals surface area contributed by atoms with Crippen molar-refractivity contribution in [1.82, 2.24) is 4.98 Å². The maximum Gasteiger partial charge on any atom is 0.201 e. The van der Waals surface area contributed by atoms with Crippen molar-refractivity contribution < 1.29 is 18.3 Å². The van der Waals surface area contributed by atoms with Crippen LogP contribution >= 0.6 is 11.3 Å². The fourth-order valence-corrected chi connectivity index (χ4v) is 2.73. The van der Waals surface area contributed by atoms with Gasteiger partial charge in [0.25, 0.3) is 0 Å². The molecule has 0 atom stereocenters. The van der Waals surface area contributed by atoms with Crippen LogP contribution in [0.2, 0.25) is 0 Å². The van der Waals surface area contributed by atoms with Crippen LogP contribution in [-0.4, -0.2) is 31.3 Å². The summed E-state index contributed by atoms with van der Waals surface area (Å²) >= 11 is 1.44. The molecule has 0 fully saturated rings. The second-order valence-electron chi connectivity index (χ2n) is 5.95. The van der Waals surface area contributed by atoms with Gasteiger partial charge in [-0.3, -0.25) is 0 Å². The summed E-state index contributed by atoms with van der Waals surface area (Å²) in [6, 6.07) is 2.56. The first-order valence-corrected chi connectivity index (χ1v) is 10.2. The lowest BCUT2D eigenvalue weighted by Crippen LogP contribution is -2.08. The van der Waals surface area contributed by atoms with Crippen molar-refractivity contribution in [2.45, 2.75) is 46.5 Å². The minimum atomic E-state index is -0.986. The van der Waals surface area contributed by atoms with Gasteiger partial charge in [-0.2, -0.15) is 4.39 Å². The topological polar surface area (TPSA) is 57.4 Å². The summed E-state index contributed by atoms with van der Waals surface area (Å²) in [6.07, 6.45) is 4.17. The molecule has 0 unspecified atom stereocenters. The minimum Gasteiger partial charge on any atom is -0.490 e. The summed E-state index contributed by atoms with van der Waals surface area (Å²) < 4.78 is 37.7. The molecule has 0 radical (unpaired) electrons. The van der Waals surface area contributed by atoms with Crippen molar-refractivity contribution in [2.75, 3.05) is 26.4 Å². The molecule has 7 heteroatoms. The first kappa shape index (κ1) is 23.5. The Bertz CT molecular complexity index is 659. The highest BCUT2D eigenvalue weighted by Crippen LogP contribution is 2.34.